The van der Waals surface area contributed by atoms with Crippen LogP contribution in [-0.2, 0) is 4.74 Å². The highest BCUT2D eigenvalue weighted by Gasteiger charge is 2.84. The maximum absolute atomic E-state index is 9.52. The Labute approximate surface area is 92.0 Å². The van der Waals surface area contributed by atoms with E-state index in [1.165, 1.54) is 6.42 Å². The molecule has 1 N–H and O–H groups in total. The van der Waals surface area contributed by atoms with Crippen molar-refractivity contribution < 1.29 is 9.84 Å². The lowest BCUT2D eigenvalue weighted by molar-refractivity contribution is -0.163. The number of rotatable bonds is 2. The Morgan fingerprint density at radius 1 is 1.33 bits per heavy atom. The normalized spacial score (nSPS) is 59.4. The summed E-state index contributed by atoms with van der Waals surface area (Å²) in [4.78, 5) is 0. The molecule has 0 aromatic heterocycles. The molecule has 0 radical (unpaired) electrons. The topological polar surface area (TPSA) is 29.5 Å². The third kappa shape index (κ3) is 0.763. The van der Waals surface area contributed by atoms with Crippen LogP contribution in [-0.4, -0.2) is 24.4 Å². The zero-order chi connectivity index (χ0) is 11.1. The third-order valence-electron chi connectivity index (χ3n) is 6.41. The van der Waals surface area contributed by atoms with Crippen LogP contribution in [0.15, 0.2) is 0 Å². The molecule has 2 heteroatoms. The fourth-order valence-electron chi connectivity index (χ4n) is 5.21. The van der Waals surface area contributed by atoms with Crippen molar-refractivity contribution in [2.75, 3.05) is 13.7 Å². The average molecular weight is 210 g/mol. The van der Waals surface area contributed by atoms with Crippen LogP contribution in [0.3, 0.4) is 0 Å². The average Bonchev–Trinajstić information content (AvgIpc) is 2.76. The van der Waals surface area contributed by atoms with Crippen LogP contribution in [0.5, 0.6) is 0 Å². The zero-order valence-corrected chi connectivity index (χ0v) is 10.2. The second kappa shape index (κ2) is 2.43. The Kier molecular flexibility index (Phi) is 1.64. The van der Waals surface area contributed by atoms with Crippen molar-refractivity contribution >= 4 is 0 Å². The van der Waals surface area contributed by atoms with E-state index in [0.29, 0.717) is 17.9 Å². The fourth-order valence-corrected chi connectivity index (χ4v) is 5.21. The van der Waals surface area contributed by atoms with Gasteiger partial charge >= 0.3 is 0 Å². The van der Waals surface area contributed by atoms with Crippen molar-refractivity contribution in [2.24, 2.45) is 28.6 Å². The number of aliphatic hydroxyl groups excluding tert-OH is 1. The van der Waals surface area contributed by atoms with Crippen molar-refractivity contribution in [2.45, 2.75) is 39.2 Å². The molecule has 0 amide bonds. The van der Waals surface area contributed by atoms with Crippen LogP contribution in [0.1, 0.15) is 33.6 Å². The van der Waals surface area contributed by atoms with Gasteiger partial charge in [0.15, 0.2) is 0 Å². The number of ether oxygens (including phenoxy) is 1. The van der Waals surface area contributed by atoms with E-state index in [1.54, 1.807) is 0 Å². The summed E-state index contributed by atoms with van der Waals surface area (Å²) in [6.07, 6.45) is 2.51. The first-order valence-corrected chi connectivity index (χ1v) is 6.11. The maximum atomic E-state index is 9.52. The standard InChI is InChI=1S/C13H22O2/c1-11(2)8-5-9(11)12(3)10(7-14)13(12,6-8)15-4/h8-10,14H,5-7H2,1-4H3/t8-,9-,10?,12+,13+/m1/s1. The predicted octanol–water partition coefficient (Wildman–Crippen LogP) is 2.07. The highest BCUT2D eigenvalue weighted by Crippen LogP contribution is 2.83. The molecule has 0 aromatic rings. The van der Waals surface area contributed by atoms with E-state index in [2.05, 4.69) is 20.8 Å². The highest BCUT2D eigenvalue weighted by molar-refractivity contribution is 5.33. The first-order valence-electron chi connectivity index (χ1n) is 6.11. The van der Waals surface area contributed by atoms with Crippen LogP contribution in [0.25, 0.3) is 0 Å². The van der Waals surface area contributed by atoms with Gasteiger partial charge in [0.25, 0.3) is 0 Å². The summed E-state index contributed by atoms with van der Waals surface area (Å²) in [6, 6.07) is 0. The molecule has 0 heterocycles. The number of methoxy groups -OCH3 is 1. The van der Waals surface area contributed by atoms with Gasteiger partial charge in [0.1, 0.15) is 0 Å². The lowest BCUT2D eigenvalue weighted by atomic mass is 9.45. The summed E-state index contributed by atoms with van der Waals surface area (Å²) in [5.41, 5.74) is 0.736. The van der Waals surface area contributed by atoms with Crippen molar-refractivity contribution in [3.8, 4) is 0 Å². The van der Waals surface area contributed by atoms with Gasteiger partial charge in [0, 0.05) is 25.0 Å². The largest absolute Gasteiger partial charge is 0.396 e. The smallest absolute Gasteiger partial charge is 0.0798 e. The predicted molar refractivity (Wildman–Crippen MR) is 58.4 cm³/mol. The van der Waals surface area contributed by atoms with Crippen molar-refractivity contribution in [3.05, 3.63) is 0 Å². The Hall–Kier alpha value is -0.0800. The molecule has 4 aliphatic carbocycles. The minimum absolute atomic E-state index is 0.0187. The minimum atomic E-state index is 0.0187. The zero-order valence-electron chi connectivity index (χ0n) is 10.2. The van der Waals surface area contributed by atoms with E-state index in [9.17, 15) is 5.11 Å². The second-order valence-corrected chi connectivity index (χ2v) is 6.62. The summed E-state index contributed by atoms with van der Waals surface area (Å²) in [5, 5.41) is 9.52. The summed E-state index contributed by atoms with van der Waals surface area (Å²) in [6.45, 7) is 7.41. The maximum Gasteiger partial charge on any atom is 0.0798 e. The van der Waals surface area contributed by atoms with Gasteiger partial charge in [0.2, 0.25) is 0 Å². The summed E-state index contributed by atoms with van der Waals surface area (Å²) in [5.74, 6) is 1.94. The van der Waals surface area contributed by atoms with Crippen molar-refractivity contribution in [1.82, 2.24) is 0 Å². The number of aliphatic hydroxyl groups is 1. The molecule has 0 spiro atoms. The Morgan fingerprint density at radius 3 is 2.47 bits per heavy atom. The van der Waals surface area contributed by atoms with Gasteiger partial charge in [-0.05, 0) is 30.1 Å². The molecule has 4 saturated carbocycles. The first-order chi connectivity index (χ1) is 6.95. The van der Waals surface area contributed by atoms with E-state index < -0.39 is 0 Å². The van der Waals surface area contributed by atoms with Gasteiger partial charge in [0.05, 0.1) is 5.60 Å². The van der Waals surface area contributed by atoms with Crippen LogP contribution >= 0.6 is 0 Å². The summed E-state index contributed by atoms with van der Waals surface area (Å²) < 4.78 is 5.79. The van der Waals surface area contributed by atoms with Crippen molar-refractivity contribution in [1.29, 1.82) is 0 Å². The number of hydrogen-bond donors (Lipinski definition) is 1. The van der Waals surface area contributed by atoms with Crippen LogP contribution in [0.2, 0.25) is 0 Å². The van der Waals surface area contributed by atoms with Gasteiger partial charge in [-0.3, -0.25) is 0 Å². The summed E-state index contributed by atoms with van der Waals surface area (Å²) >= 11 is 0. The highest BCUT2D eigenvalue weighted by atomic mass is 16.5. The molecule has 4 aliphatic rings. The van der Waals surface area contributed by atoms with E-state index in [4.69, 9.17) is 4.74 Å². The van der Waals surface area contributed by atoms with Gasteiger partial charge < -0.3 is 9.84 Å². The molecular formula is C13H22O2. The van der Waals surface area contributed by atoms with E-state index >= 15 is 0 Å². The van der Waals surface area contributed by atoms with E-state index in [0.717, 1.165) is 18.3 Å². The molecule has 2 nitrogen and oxygen atoms in total. The van der Waals surface area contributed by atoms with Gasteiger partial charge in [-0.1, -0.05) is 20.8 Å². The molecule has 0 aliphatic heterocycles. The molecule has 0 saturated heterocycles. The molecular weight excluding hydrogens is 188 g/mol. The molecule has 1 unspecified atom stereocenters. The third-order valence-corrected chi connectivity index (χ3v) is 6.41. The Balaban J connectivity index is 1.99. The quantitative estimate of drug-likeness (QED) is 0.756. The molecule has 4 rings (SSSR count). The van der Waals surface area contributed by atoms with Gasteiger partial charge in [-0.25, -0.2) is 0 Å². The Morgan fingerprint density at radius 2 is 2.00 bits per heavy atom. The minimum Gasteiger partial charge on any atom is -0.396 e. The van der Waals surface area contributed by atoms with Crippen molar-refractivity contribution in [3.63, 3.8) is 0 Å². The molecule has 0 aromatic carbocycles. The van der Waals surface area contributed by atoms with Crippen LogP contribution in [0.4, 0.5) is 0 Å². The Bertz CT molecular complexity index is 312. The monoisotopic (exact) mass is 210 g/mol. The fraction of sp³-hybridized carbons (Fsp3) is 1.00. The van der Waals surface area contributed by atoms with E-state index in [1.807, 2.05) is 7.11 Å². The molecule has 2 bridgehead atoms. The lowest BCUT2D eigenvalue weighted by Crippen LogP contribution is -2.57. The van der Waals surface area contributed by atoms with Gasteiger partial charge in [-0.2, -0.15) is 0 Å². The van der Waals surface area contributed by atoms with Crippen LogP contribution < -0.4 is 0 Å². The molecule has 4 fully saturated rings. The second-order valence-electron chi connectivity index (χ2n) is 6.62. The lowest BCUT2D eigenvalue weighted by Gasteiger charge is -2.61. The molecule has 86 valence electrons. The number of hydrogen-bond acceptors (Lipinski definition) is 2. The summed E-state index contributed by atoms with van der Waals surface area (Å²) in [7, 11) is 1.83. The first kappa shape index (κ1) is 10.1. The van der Waals surface area contributed by atoms with Gasteiger partial charge in [-0.15, -0.1) is 0 Å². The SMILES string of the molecule is CO[C@]12C[C@H]3C[C@H](C3(C)C)[C@@]1(C)C2CO. The molecule has 15 heavy (non-hydrogen) atoms. The molecule has 5 atom stereocenters. The van der Waals surface area contributed by atoms with E-state index in [-0.39, 0.29) is 11.0 Å². The van der Waals surface area contributed by atoms with Crippen LogP contribution in [0, 0.1) is 28.6 Å².